The number of carbonyl (C=O) groups excluding carboxylic acids is 2. The number of phenols is 1. The number of ether oxygens (including phenoxy) is 3. The van der Waals surface area contributed by atoms with Gasteiger partial charge in [0.2, 0.25) is 0 Å². The van der Waals surface area contributed by atoms with Gasteiger partial charge < -0.3 is 40.0 Å². The molecule has 2 aliphatic heterocycles. The number of likely N-dealkylation sites (tertiary alicyclic amines) is 2. The molecule has 4 aromatic carbocycles. The molecular weight excluding hydrogens is 672 g/mol. The Bertz CT molecular complexity index is 1570. The van der Waals surface area contributed by atoms with Crippen LogP contribution in [0.5, 0.6) is 11.5 Å². The highest BCUT2D eigenvalue weighted by Crippen LogP contribution is 2.14. The van der Waals surface area contributed by atoms with Crippen LogP contribution < -0.4 is 15.4 Å². The minimum absolute atomic E-state index is 0.240. The standard InChI is InChI=1S/C21H26N2O3.C16H17NO3.C5H11NO/c24-21(26-17-19-5-2-1-3-6-19)22-12-11-18-7-9-20(10-8-18)25-16-15-23-13-4-14-23;18-15-8-6-13(7-9-15)10-11-17-16(19)20-12-14-4-2-1-3-5-14;7-5-4-6-2-1-3-6/h1-3,5-10H,4,11-17H2,(H,22,24);1-9,18H,10-12H2,(H,17,19);7H,1-5H2. The van der Waals surface area contributed by atoms with E-state index in [0.29, 0.717) is 26.1 Å². The Hall–Kier alpha value is -5.10. The molecule has 2 fully saturated rings. The van der Waals surface area contributed by atoms with Gasteiger partial charge in [-0.2, -0.15) is 0 Å². The molecule has 11 heteroatoms. The third-order valence-electron chi connectivity index (χ3n) is 8.64. The number of β-amino-alcohol motifs (C(OH)–C–C–N with tert-alkyl or cyclic N) is 1. The van der Waals surface area contributed by atoms with Gasteiger partial charge in [-0.25, -0.2) is 9.59 Å². The van der Waals surface area contributed by atoms with E-state index in [-0.39, 0.29) is 25.1 Å². The molecular formula is C42H54N4O7. The number of aliphatic hydroxyl groups excluding tert-OH is 1. The lowest BCUT2D eigenvalue weighted by molar-refractivity contribution is 0.139. The maximum atomic E-state index is 11.7. The van der Waals surface area contributed by atoms with Crippen LogP contribution in [0.2, 0.25) is 0 Å². The minimum Gasteiger partial charge on any atom is -0.508 e. The monoisotopic (exact) mass is 726 g/mol. The lowest BCUT2D eigenvalue weighted by atomic mass is 10.1. The molecule has 11 nitrogen and oxygen atoms in total. The summed E-state index contributed by atoms with van der Waals surface area (Å²) in [6, 6.07) is 34.1. The number of amides is 2. The van der Waals surface area contributed by atoms with E-state index in [2.05, 4.69) is 20.4 Å². The molecule has 0 radical (unpaired) electrons. The van der Waals surface area contributed by atoms with Gasteiger partial charge in [-0.05, 0) is 98.4 Å². The van der Waals surface area contributed by atoms with E-state index in [0.717, 1.165) is 54.1 Å². The fraction of sp³-hybridized carbons (Fsp3) is 0.381. The van der Waals surface area contributed by atoms with Gasteiger partial charge in [0.25, 0.3) is 0 Å². The van der Waals surface area contributed by atoms with Crippen LogP contribution in [0.15, 0.2) is 109 Å². The Morgan fingerprint density at radius 1 is 0.585 bits per heavy atom. The summed E-state index contributed by atoms with van der Waals surface area (Å²) in [5.74, 6) is 1.13. The molecule has 0 aromatic heterocycles. The number of hydrogen-bond donors (Lipinski definition) is 4. The van der Waals surface area contributed by atoms with Crippen LogP contribution >= 0.6 is 0 Å². The summed E-state index contributed by atoms with van der Waals surface area (Å²) in [5.41, 5.74) is 4.14. The first kappa shape index (κ1) is 40.7. The number of phenolic OH excluding ortho intramolecular Hbond substituents is 1. The Morgan fingerprint density at radius 2 is 1.04 bits per heavy atom. The van der Waals surface area contributed by atoms with Gasteiger partial charge in [-0.3, -0.25) is 4.90 Å². The first-order valence-electron chi connectivity index (χ1n) is 18.4. The molecule has 2 heterocycles. The predicted octanol–water partition coefficient (Wildman–Crippen LogP) is 5.79. The Morgan fingerprint density at radius 3 is 1.45 bits per heavy atom. The molecule has 2 saturated heterocycles. The SMILES string of the molecule is O=C(NCCc1ccc(O)cc1)OCc1ccccc1.O=C(NCCc1ccc(OCCN2CCC2)cc1)OCc1ccccc1.OCCN1CCC1. The van der Waals surface area contributed by atoms with Crippen LogP contribution in [0.3, 0.4) is 0 Å². The van der Waals surface area contributed by atoms with E-state index in [4.69, 9.17) is 24.4 Å². The van der Waals surface area contributed by atoms with Gasteiger partial charge in [0.05, 0.1) is 6.61 Å². The Kier molecular flexibility index (Phi) is 18.6. The fourth-order valence-corrected chi connectivity index (χ4v) is 5.23. The van der Waals surface area contributed by atoms with Crippen LogP contribution in [0.25, 0.3) is 0 Å². The molecule has 284 valence electrons. The molecule has 0 bridgehead atoms. The zero-order valence-corrected chi connectivity index (χ0v) is 30.5. The highest BCUT2D eigenvalue weighted by molar-refractivity contribution is 5.67. The lowest BCUT2D eigenvalue weighted by Crippen LogP contribution is -2.39. The molecule has 0 saturated carbocycles. The van der Waals surface area contributed by atoms with E-state index < -0.39 is 6.09 Å². The molecule has 0 aliphatic carbocycles. The molecule has 4 aromatic rings. The zero-order chi connectivity index (χ0) is 37.4. The number of carbonyl (C=O) groups is 2. The highest BCUT2D eigenvalue weighted by atomic mass is 16.6. The summed E-state index contributed by atoms with van der Waals surface area (Å²) in [5, 5.41) is 23.0. The molecule has 53 heavy (non-hydrogen) atoms. The van der Waals surface area contributed by atoms with E-state index in [1.165, 1.54) is 39.0 Å². The van der Waals surface area contributed by atoms with Crippen molar-refractivity contribution in [3.63, 3.8) is 0 Å². The molecule has 0 unspecified atom stereocenters. The van der Waals surface area contributed by atoms with Crippen molar-refractivity contribution in [3.05, 3.63) is 131 Å². The van der Waals surface area contributed by atoms with Crippen molar-refractivity contribution >= 4 is 12.2 Å². The Balaban J connectivity index is 0.000000204. The average molecular weight is 727 g/mol. The van der Waals surface area contributed by atoms with Gasteiger partial charge in [0.1, 0.15) is 31.3 Å². The number of aromatic hydroxyl groups is 1. The van der Waals surface area contributed by atoms with Crippen LogP contribution in [-0.4, -0.2) is 97.8 Å². The number of nitrogens with one attached hydrogen (secondary N) is 2. The quantitative estimate of drug-likeness (QED) is 0.113. The van der Waals surface area contributed by atoms with E-state index in [1.807, 2.05) is 97.1 Å². The summed E-state index contributed by atoms with van der Waals surface area (Å²) >= 11 is 0. The van der Waals surface area contributed by atoms with Gasteiger partial charge >= 0.3 is 12.2 Å². The Labute approximate surface area is 313 Å². The second kappa shape index (κ2) is 24.2. The third-order valence-corrected chi connectivity index (χ3v) is 8.64. The summed E-state index contributed by atoms with van der Waals surface area (Å²) in [6.07, 6.45) is 3.27. The number of alkyl carbamates (subject to hydrolysis) is 2. The van der Waals surface area contributed by atoms with Crippen molar-refractivity contribution in [3.8, 4) is 11.5 Å². The molecule has 2 aliphatic rings. The van der Waals surface area contributed by atoms with Crippen molar-refractivity contribution in [1.82, 2.24) is 20.4 Å². The smallest absolute Gasteiger partial charge is 0.407 e. The number of nitrogens with zero attached hydrogens (tertiary/aromatic N) is 2. The number of hydrogen-bond acceptors (Lipinski definition) is 9. The number of rotatable bonds is 16. The predicted molar refractivity (Wildman–Crippen MR) is 206 cm³/mol. The maximum Gasteiger partial charge on any atom is 0.407 e. The van der Waals surface area contributed by atoms with E-state index in [9.17, 15) is 9.59 Å². The van der Waals surface area contributed by atoms with Crippen molar-refractivity contribution in [1.29, 1.82) is 0 Å². The van der Waals surface area contributed by atoms with Gasteiger partial charge in [-0.15, -0.1) is 0 Å². The van der Waals surface area contributed by atoms with Gasteiger partial charge in [-0.1, -0.05) is 84.9 Å². The first-order valence-corrected chi connectivity index (χ1v) is 18.4. The number of aliphatic hydroxyl groups is 1. The third kappa shape index (κ3) is 17.3. The molecule has 4 N–H and O–H groups in total. The van der Waals surface area contributed by atoms with Crippen LogP contribution in [0.1, 0.15) is 35.1 Å². The van der Waals surface area contributed by atoms with E-state index in [1.54, 1.807) is 12.1 Å². The van der Waals surface area contributed by atoms with Crippen LogP contribution in [0.4, 0.5) is 9.59 Å². The molecule has 6 rings (SSSR count). The first-order chi connectivity index (χ1) is 26.0. The summed E-state index contributed by atoms with van der Waals surface area (Å²) < 4.78 is 16.0. The highest BCUT2D eigenvalue weighted by Gasteiger charge is 2.13. The topological polar surface area (TPSA) is 133 Å². The van der Waals surface area contributed by atoms with Crippen LogP contribution in [0, 0.1) is 0 Å². The molecule has 0 atom stereocenters. The number of benzene rings is 4. The van der Waals surface area contributed by atoms with Crippen molar-refractivity contribution in [2.45, 2.75) is 38.9 Å². The summed E-state index contributed by atoms with van der Waals surface area (Å²) in [7, 11) is 0. The van der Waals surface area contributed by atoms with Gasteiger partial charge in [0.15, 0.2) is 0 Å². The second-order valence-corrected chi connectivity index (χ2v) is 12.7. The van der Waals surface area contributed by atoms with Crippen molar-refractivity contribution < 1.29 is 34.0 Å². The van der Waals surface area contributed by atoms with Crippen LogP contribution in [-0.2, 0) is 35.5 Å². The normalized spacial score (nSPS) is 13.4. The summed E-state index contributed by atoms with van der Waals surface area (Å²) in [6.45, 7) is 9.31. The molecule has 2 amide bonds. The van der Waals surface area contributed by atoms with Gasteiger partial charge in [0, 0.05) is 26.2 Å². The minimum atomic E-state index is -0.423. The van der Waals surface area contributed by atoms with E-state index >= 15 is 0 Å². The maximum absolute atomic E-state index is 11.7. The zero-order valence-electron chi connectivity index (χ0n) is 30.5. The summed E-state index contributed by atoms with van der Waals surface area (Å²) in [4.78, 5) is 27.8. The average Bonchev–Trinajstić information content (AvgIpc) is 3.15. The molecule has 0 spiro atoms. The fourth-order valence-electron chi connectivity index (χ4n) is 5.23. The largest absolute Gasteiger partial charge is 0.508 e. The van der Waals surface area contributed by atoms with Crippen molar-refractivity contribution in [2.24, 2.45) is 0 Å². The van der Waals surface area contributed by atoms with Crippen molar-refractivity contribution in [2.75, 3.05) is 65.6 Å². The lowest BCUT2D eigenvalue weighted by Gasteiger charge is -2.30. The second-order valence-electron chi connectivity index (χ2n) is 12.7.